The van der Waals surface area contributed by atoms with Crippen molar-refractivity contribution in [1.82, 2.24) is 5.32 Å². The van der Waals surface area contributed by atoms with Gasteiger partial charge in [0, 0.05) is 40.3 Å². The van der Waals surface area contributed by atoms with E-state index in [9.17, 15) is 27.2 Å². The zero-order chi connectivity index (χ0) is 28.8. The fourth-order valence-electron chi connectivity index (χ4n) is 4.23. The van der Waals surface area contributed by atoms with E-state index in [4.69, 9.17) is 16.3 Å². The predicted molar refractivity (Wildman–Crippen MR) is 147 cm³/mol. The summed E-state index contributed by atoms with van der Waals surface area (Å²) in [5.74, 6) is -4.34. The number of nitrogens with one attached hydrogen (secondary N) is 1. The van der Waals surface area contributed by atoms with Crippen LogP contribution in [-0.4, -0.2) is 24.2 Å². The molecule has 0 bridgehead atoms. The first-order valence-corrected chi connectivity index (χ1v) is 14.1. The van der Waals surface area contributed by atoms with E-state index in [0.29, 0.717) is 35.1 Å². The molecule has 3 aromatic carbocycles. The Kier molecular flexibility index (Phi) is 9.97. The van der Waals surface area contributed by atoms with Crippen molar-refractivity contribution in [3.63, 3.8) is 0 Å². The predicted octanol–water partition coefficient (Wildman–Crippen LogP) is 7.42. The van der Waals surface area contributed by atoms with Gasteiger partial charge >= 0.3 is 0 Å². The lowest BCUT2D eigenvalue weighted by atomic mass is 10.1. The zero-order valence-corrected chi connectivity index (χ0v) is 23.2. The highest BCUT2D eigenvalue weighted by atomic mass is 35.5. The van der Waals surface area contributed by atoms with Crippen LogP contribution in [0.2, 0.25) is 5.02 Å². The summed E-state index contributed by atoms with van der Waals surface area (Å²) in [7, 11) is 0. The maximum atomic E-state index is 14.8. The summed E-state index contributed by atoms with van der Waals surface area (Å²) < 4.78 is 61.6. The molecule has 1 aliphatic heterocycles. The lowest BCUT2D eigenvalue weighted by molar-refractivity contribution is -0.116. The Bertz CT molecular complexity index is 1400. The summed E-state index contributed by atoms with van der Waals surface area (Å²) in [4.78, 5) is 27.5. The molecule has 0 spiro atoms. The van der Waals surface area contributed by atoms with Crippen LogP contribution in [0.25, 0.3) is 0 Å². The maximum absolute atomic E-state index is 14.8. The van der Waals surface area contributed by atoms with Crippen LogP contribution in [0.3, 0.4) is 0 Å². The molecule has 4 rings (SSSR count). The molecule has 0 atom stereocenters. The number of unbranched alkanes of at least 4 members (excludes halogenated alkanes) is 3. The molecule has 1 heterocycles. The third-order valence-corrected chi connectivity index (χ3v) is 7.86. The monoisotopic (exact) mass is 594 g/mol. The molecule has 0 saturated heterocycles. The second-order valence-electron chi connectivity index (χ2n) is 9.23. The van der Waals surface area contributed by atoms with E-state index in [1.807, 2.05) is 0 Å². The largest absolute Gasteiger partial charge is 0.492 e. The highest BCUT2D eigenvalue weighted by Crippen LogP contribution is 2.39. The van der Waals surface area contributed by atoms with Crippen molar-refractivity contribution in [2.75, 3.05) is 17.3 Å². The Morgan fingerprint density at radius 2 is 1.75 bits per heavy atom. The molecule has 0 aromatic heterocycles. The molecule has 0 aliphatic carbocycles. The van der Waals surface area contributed by atoms with E-state index in [1.54, 1.807) is 12.1 Å². The van der Waals surface area contributed by atoms with E-state index >= 15 is 0 Å². The number of anilines is 1. The van der Waals surface area contributed by atoms with Gasteiger partial charge in [-0.15, -0.1) is 11.8 Å². The van der Waals surface area contributed by atoms with E-state index < -0.39 is 41.3 Å². The van der Waals surface area contributed by atoms with Gasteiger partial charge in [-0.3, -0.25) is 9.59 Å². The molecule has 5 nitrogen and oxygen atoms in total. The van der Waals surface area contributed by atoms with Crippen LogP contribution in [0.1, 0.15) is 54.1 Å². The van der Waals surface area contributed by atoms with Crippen molar-refractivity contribution in [1.29, 1.82) is 0 Å². The minimum atomic E-state index is -1.11. The normalized spacial score (nSPS) is 12.8. The number of rotatable bonds is 11. The second-order valence-corrected chi connectivity index (χ2v) is 10.6. The van der Waals surface area contributed by atoms with Crippen LogP contribution < -0.4 is 15.0 Å². The van der Waals surface area contributed by atoms with Crippen LogP contribution in [0.15, 0.2) is 47.4 Å². The SMILES string of the molecule is CCCCCCOc1ccc(F)c(CN2C(=O)CSc3cc(C(=O)NCc4c(F)cc(F)cc4F)ccc32)c1Cl. The summed E-state index contributed by atoms with van der Waals surface area (Å²) in [5.41, 5.74) is 0.301. The standard InChI is InChI=1S/C29H27ClF4N2O3S/c1-2-3-4-5-10-39-25-9-7-21(32)20(28(25)30)15-36-24-8-6-17(11-26(24)40-16-27(36)37)29(38)35-14-19-22(33)12-18(31)13-23(19)34/h6-9,11-13H,2-5,10,14-16H2,1H3,(H,35,38). The molecule has 0 unspecified atom stereocenters. The van der Waals surface area contributed by atoms with Crippen molar-refractivity contribution < 1.29 is 31.9 Å². The first-order chi connectivity index (χ1) is 19.2. The Morgan fingerprint density at radius 1 is 1.00 bits per heavy atom. The lowest BCUT2D eigenvalue weighted by Crippen LogP contribution is -2.35. The minimum Gasteiger partial charge on any atom is -0.492 e. The van der Waals surface area contributed by atoms with Gasteiger partial charge in [0.15, 0.2) is 0 Å². The first kappa shape index (κ1) is 29.7. The minimum absolute atomic E-state index is 0.0525. The number of carbonyl (C=O) groups excluding carboxylic acids is 2. The molecule has 0 saturated carbocycles. The van der Waals surface area contributed by atoms with Crippen LogP contribution in [0.5, 0.6) is 5.75 Å². The van der Waals surface area contributed by atoms with E-state index in [0.717, 1.165) is 25.7 Å². The molecule has 0 fully saturated rings. The van der Waals surface area contributed by atoms with Crippen LogP contribution in [0.4, 0.5) is 23.2 Å². The number of amides is 2. The molecule has 2 amide bonds. The van der Waals surface area contributed by atoms with E-state index in [1.165, 1.54) is 34.9 Å². The van der Waals surface area contributed by atoms with Gasteiger partial charge in [0.1, 0.15) is 29.0 Å². The Morgan fingerprint density at radius 3 is 2.48 bits per heavy atom. The number of hydrogen-bond acceptors (Lipinski definition) is 4. The highest BCUT2D eigenvalue weighted by Gasteiger charge is 2.28. The molecular formula is C29H27ClF4N2O3S. The number of halogens is 5. The van der Waals surface area contributed by atoms with E-state index in [-0.39, 0.29) is 34.4 Å². The number of ether oxygens (including phenoxy) is 1. The van der Waals surface area contributed by atoms with Crippen molar-refractivity contribution in [3.05, 3.63) is 87.4 Å². The van der Waals surface area contributed by atoms with Gasteiger partial charge in [-0.1, -0.05) is 37.8 Å². The van der Waals surface area contributed by atoms with Crippen LogP contribution >= 0.6 is 23.4 Å². The molecule has 3 aromatic rings. The number of thioether (sulfide) groups is 1. The Hall–Kier alpha value is -3.24. The van der Waals surface area contributed by atoms with Crippen molar-refractivity contribution in [3.8, 4) is 5.75 Å². The Labute approximate surface area is 238 Å². The molecule has 40 heavy (non-hydrogen) atoms. The molecule has 212 valence electrons. The van der Waals surface area contributed by atoms with Gasteiger partial charge in [0.05, 0.1) is 29.6 Å². The van der Waals surface area contributed by atoms with E-state index in [2.05, 4.69) is 12.2 Å². The number of nitrogens with zero attached hydrogens (tertiary/aromatic N) is 1. The summed E-state index contributed by atoms with van der Waals surface area (Å²) >= 11 is 7.70. The van der Waals surface area contributed by atoms with Crippen molar-refractivity contribution in [2.24, 2.45) is 0 Å². The molecule has 11 heteroatoms. The summed E-state index contributed by atoms with van der Waals surface area (Å²) in [6.45, 7) is 1.93. The molecular weight excluding hydrogens is 568 g/mol. The molecule has 1 N–H and O–H groups in total. The number of benzene rings is 3. The van der Waals surface area contributed by atoms with Gasteiger partial charge < -0.3 is 15.0 Å². The third kappa shape index (κ3) is 6.90. The molecule has 0 radical (unpaired) electrons. The number of fused-ring (bicyclic) bond motifs is 1. The first-order valence-electron chi connectivity index (χ1n) is 12.8. The zero-order valence-electron chi connectivity index (χ0n) is 21.7. The van der Waals surface area contributed by atoms with Gasteiger partial charge in [0.2, 0.25) is 5.91 Å². The quantitative estimate of drug-likeness (QED) is 0.185. The maximum Gasteiger partial charge on any atom is 0.251 e. The van der Waals surface area contributed by atoms with Crippen molar-refractivity contribution in [2.45, 2.75) is 50.6 Å². The van der Waals surface area contributed by atoms with Crippen LogP contribution in [0, 0.1) is 23.3 Å². The third-order valence-electron chi connectivity index (χ3n) is 6.42. The topological polar surface area (TPSA) is 58.6 Å². The summed E-state index contributed by atoms with van der Waals surface area (Å²) in [6.07, 6.45) is 4.04. The molecule has 1 aliphatic rings. The smallest absolute Gasteiger partial charge is 0.251 e. The average Bonchev–Trinajstić information content (AvgIpc) is 2.92. The lowest BCUT2D eigenvalue weighted by Gasteiger charge is -2.30. The number of carbonyl (C=O) groups is 2. The van der Waals surface area contributed by atoms with Crippen LogP contribution in [-0.2, 0) is 17.9 Å². The van der Waals surface area contributed by atoms with Gasteiger partial charge in [-0.05, 0) is 36.8 Å². The van der Waals surface area contributed by atoms with Gasteiger partial charge in [0.25, 0.3) is 5.91 Å². The number of hydrogen-bond donors (Lipinski definition) is 1. The fourth-order valence-corrected chi connectivity index (χ4v) is 5.47. The summed E-state index contributed by atoms with van der Waals surface area (Å²) in [5, 5.41) is 2.52. The van der Waals surface area contributed by atoms with Crippen molar-refractivity contribution >= 4 is 40.9 Å². The van der Waals surface area contributed by atoms with Gasteiger partial charge in [-0.2, -0.15) is 0 Å². The summed E-state index contributed by atoms with van der Waals surface area (Å²) in [6, 6.07) is 8.34. The second kappa shape index (κ2) is 13.4. The average molecular weight is 595 g/mol. The fraction of sp³-hybridized carbons (Fsp3) is 0.310. The highest BCUT2D eigenvalue weighted by molar-refractivity contribution is 8.00. The van der Waals surface area contributed by atoms with Gasteiger partial charge in [-0.25, -0.2) is 17.6 Å². The Balaban J connectivity index is 1.49.